The van der Waals surface area contributed by atoms with E-state index < -0.39 is 0 Å². The van der Waals surface area contributed by atoms with Gasteiger partial charge in [0.25, 0.3) is 0 Å². The molecule has 2 atom stereocenters. The van der Waals surface area contributed by atoms with Gasteiger partial charge in [0.05, 0.1) is 0 Å². The summed E-state index contributed by atoms with van der Waals surface area (Å²) in [5, 5.41) is 3.03. The lowest BCUT2D eigenvalue weighted by atomic mass is 10.2. The van der Waals surface area contributed by atoms with E-state index in [1.54, 1.807) is 0 Å². The normalized spacial score (nSPS) is 21.4. The molecule has 1 aliphatic rings. The third-order valence-corrected chi connectivity index (χ3v) is 3.76. The lowest BCUT2D eigenvalue weighted by Gasteiger charge is -2.16. The van der Waals surface area contributed by atoms with Crippen LogP contribution in [0.1, 0.15) is 25.3 Å². The maximum atomic E-state index is 11.6. The molecule has 3 heteroatoms. The van der Waals surface area contributed by atoms with Crippen molar-refractivity contribution in [3.8, 4) is 0 Å². The van der Waals surface area contributed by atoms with E-state index in [-0.39, 0.29) is 5.91 Å². The van der Waals surface area contributed by atoms with Crippen molar-refractivity contribution >= 4 is 5.91 Å². The largest absolute Gasteiger partial charge is 0.356 e. The number of nitrogens with one attached hydrogen (secondary N) is 1. The Bertz CT molecular complexity index is 404. The number of carbonyl (C=O) groups excluding carboxylic acids is 1. The van der Waals surface area contributed by atoms with Crippen molar-refractivity contribution in [1.29, 1.82) is 0 Å². The third kappa shape index (κ3) is 4.67. The summed E-state index contributed by atoms with van der Waals surface area (Å²) in [5.41, 5.74) is 1.33. The summed E-state index contributed by atoms with van der Waals surface area (Å²) in [7, 11) is 2.12. The van der Waals surface area contributed by atoms with E-state index in [4.69, 9.17) is 0 Å². The lowest BCUT2D eigenvalue weighted by molar-refractivity contribution is -0.122. The number of rotatable bonds is 7. The first-order valence-electron chi connectivity index (χ1n) is 7.17. The molecule has 1 saturated carbocycles. The maximum Gasteiger partial charge on any atom is 0.223 e. The molecule has 19 heavy (non-hydrogen) atoms. The average molecular weight is 260 g/mol. The molecule has 2 rings (SSSR count). The fraction of sp³-hybridized carbons (Fsp3) is 0.562. The van der Waals surface area contributed by atoms with Crippen molar-refractivity contribution in [3.05, 3.63) is 35.9 Å². The number of hydrogen-bond donors (Lipinski definition) is 1. The van der Waals surface area contributed by atoms with Crippen LogP contribution in [0.2, 0.25) is 0 Å². The van der Waals surface area contributed by atoms with Crippen molar-refractivity contribution in [2.75, 3.05) is 20.1 Å². The van der Waals surface area contributed by atoms with Crippen LogP contribution in [0.5, 0.6) is 0 Å². The Morgan fingerprint density at radius 3 is 2.68 bits per heavy atom. The Kier molecular flexibility index (Phi) is 4.97. The average Bonchev–Trinajstić information content (AvgIpc) is 3.13. The number of benzene rings is 1. The van der Waals surface area contributed by atoms with Crippen molar-refractivity contribution < 1.29 is 4.79 Å². The molecular formula is C16H24N2O. The van der Waals surface area contributed by atoms with Crippen LogP contribution < -0.4 is 5.32 Å². The predicted molar refractivity (Wildman–Crippen MR) is 77.7 cm³/mol. The van der Waals surface area contributed by atoms with Gasteiger partial charge in [-0.3, -0.25) is 4.79 Å². The highest BCUT2D eigenvalue weighted by Gasteiger charge is 2.38. The highest BCUT2D eigenvalue weighted by atomic mass is 16.2. The smallest absolute Gasteiger partial charge is 0.223 e. The minimum Gasteiger partial charge on any atom is -0.356 e. The van der Waals surface area contributed by atoms with Crippen molar-refractivity contribution in [2.24, 2.45) is 11.8 Å². The molecule has 0 spiro atoms. The second kappa shape index (κ2) is 6.71. The highest BCUT2D eigenvalue weighted by molar-refractivity contribution is 5.81. The SMILES string of the molecule is C[C@H]1C[C@H]1C(=O)NCCCN(C)Cc1ccccc1. The van der Waals surface area contributed by atoms with Gasteiger partial charge in [0.15, 0.2) is 0 Å². The molecule has 0 aromatic heterocycles. The molecule has 0 aliphatic heterocycles. The Morgan fingerprint density at radius 2 is 2.05 bits per heavy atom. The van der Waals surface area contributed by atoms with Crippen molar-refractivity contribution in [1.82, 2.24) is 10.2 Å². The first kappa shape index (κ1) is 14.1. The van der Waals surface area contributed by atoms with Gasteiger partial charge in [0.2, 0.25) is 5.91 Å². The molecule has 104 valence electrons. The number of carbonyl (C=O) groups is 1. The summed E-state index contributed by atoms with van der Waals surface area (Å²) in [6, 6.07) is 10.5. The van der Waals surface area contributed by atoms with E-state index in [9.17, 15) is 4.79 Å². The molecule has 0 radical (unpaired) electrons. The molecule has 0 bridgehead atoms. The minimum absolute atomic E-state index is 0.248. The van der Waals surface area contributed by atoms with E-state index in [0.29, 0.717) is 11.8 Å². The number of hydrogen-bond acceptors (Lipinski definition) is 2. The first-order chi connectivity index (χ1) is 9.16. The third-order valence-electron chi connectivity index (χ3n) is 3.76. The van der Waals surface area contributed by atoms with Crippen LogP contribution in [-0.2, 0) is 11.3 Å². The van der Waals surface area contributed by atoms with Crippen LogP contribution in [0.3, 0.4) is 0 Å². The molecule has 0 saturated heterocycles. The molecule has 1 aromatic carbocycles. The molecule has 1 aromatic rings. The first-order valence-corrected chi connectivity index (χ1v) is 7.17. The Hall–Kier alpha value is -1.35. The molecule has 0 unspecified atom stereocenters. The molecule has 1 amide bonds. The van der Waals surface area contributed by atoms with Crippen LogP contribution in [0.15, 0.2) is 30.3 Å². The van der Waals surface area contributed by atoms with Gasteiger partial charge in [-0.1, -0.05) is 37.3 Å². The summed E-state index contributed by atoms with van der Waals surface area (Å²) in [4.78, 5) is 13.9. The van der Waals surface area contributed by atoms with Gasteiger partial charge in [0, 0.05) is 19.0 Å². The van der Waals surface area contributed by atoms with Crippen molar-refractivity contribution in [2.45, 2.75) is 26.3 Å². The summed E-state index contributed by atoms with van der Waals surface area (Å²) >= 11 is 0. The zero-order valence-corrected chi connectivity index (χ0v) is 11.9. The van der Waals surface area contributed by atoms with Gasteiger partial charge in [-0.25, -0.2) is 0 Å². The van der Waals surface area contributed by atoms with Gasteiger partial charge < -0.3 is 10.2 Å². The molecule has 1 aliphatic carbocycles. The zero-order valence-electron chi connectivity index (χ0n) is 11.9. The van der Waals surface area contributed by atoms with E-state index >= 15 is 0 Å². The summed E-state index contributed by atoms with van der Waals surface area (Å²) in [6.45, 7) is 4.91. The van der Waals surface area contributed by atoms with E-state index in [1.165, 1.54) is 5.56 Å². The number of amides is 1. The van der Waals surface area contributed by atoms with Gasteiger partial charge in [-0.05, 0) is 37.9 Å². The van der Waals surface area contributed by atoms with Gasteiger partial charge >= 0.3 is 0 Å². The monoisotopic (exact) mass is 260 g/mol. The van der Waals surface area contributed by atoms with Gasteiger partial charge in [0.1, 0.15) is 0 Å². The Morgan fingerprint density at radius 1 is 1.37 bits per heavy atom. The minimum atomic E-state index is 0.248. The Balaban J connectivity index is 1.56. The summed E-state index contributed by atoms with van der Waals surface area (Å²) < 4.78 is 0. The van der Waals surface area contributed by atoms with E-state index in [1.807, 2.05) is 6.07 Å². The second-order valence-electron chi connectivity index (χ2n) is 5.69. The predicted octanol–water partition coefficient (Wildman–Crippen LogP) is 2.28. The second-order valence-corrected chi connectivity index (χ2v) is 5.69. The highest BCUT2D eigenvalue weighted by Crippen LogP contribution is 2.37. The topological polar surface area (TPSA) is 32.3 Å². The lowest BCUT2D eigenvalue weighted by Crippen LogP contribution is -2.29. The van der Waals surface area contributed by atoms with Gasteiger partial charge in [-0.2, -0.15) is 0 Å². The fourth-order valence-electron chi connectivity index (χ4n) is 2.35. The standard InChI is InChI=1S/C16H24N2O/c1-13-11-15(13)16(19)17-9-6-10-18(2)12-14-7-4-3-5-8-14/h3-5,7-8,13,15H,6,9-12H2,1-2H3,(H,17,19)/t13-,15+/m0/s1. The quantitative estimate of drug-likeness (QED) is 0.763. The van der Waals surface area contributed by atoms with Crippen LogP contribution >= 0.6 is 0 Å². The number of nitrogens with zero attached hydrogens (tertiary/aromatic N) is 1. The van der Waals surface area contributed by atoms with Crippen molar-refractivity contribution in [3.63, 3.8) is 0 Å². The van der Waals surface area contributed by atoms with Crippen LogP contribution in [0, 0.1) is 11.8 Å². The van der Waals surface area contributed by atoms with E-state index in [0.717, 1.165) is 32.5 Å². The van der Waals surface area contributed by atoms with Gasteiger partial charge in [-0.15, -0.1) is 0 Å². The molecule has 0 heterocycles. The molecule has 1 fully saturated rings. The fourth-order valence-corrected chi connectivity index (χ4v) is 2.35. The molecular weight excluding hydrogens is 236 g/mol. The summed E-state index contributed by atoms with van der Waals surface area (Å²) in [5.74, 6) is 1.14. The Labute approximate surface area is 116 Å². The van der Waals surface area contributed by atoms with E-state index in [2.05, 4.69) is 48.5 Å². The van der Waals surface area contributed by atoms with Crippen LogP contribution in [0.4, 0.5) is 0 Å². The maximum absolute atomic E-state index is 11.6. The zero-order chi connectivity index (χ0) is 13.7. The summed E-state index contributed by atoms with van der Waals surface area (Å²) in [6.07, 6.45) is 2.08. The molecule has 1 N–H and O–H groups in total. The van der Waals surface area contributed by atoms with Crippen LogP contribution in [0.25, 0.3) is 0 Å². The van der Waals surface area contributed by atoms with Crippen LogP contribution in [-0.4, -0.2) is 30.9 Å². The molecule has 3 nitrogen and oxygen atoms in total.